The van der Waals surface area contributed by atoms with E-state index in [1.165, 1.54) is 6.07 Å². The number of halogens is 1. The topological polar surface area (TPSA) is 69.0 Å². The Bertz CT molecular complexity index is 726. The van der Waals surface area contributed by atoms with Gasteiger partial charge in [0.05, 0.1) is 12.5 Å². The first-order valence-corrected chi connectivity index (χ1v) is 7.35. The summed E-state index contributed by atoms with van der Waals surface area (Å²) < 4.78 is 21.0. The lowest BCUT2D eigenvalue weighted by atomic mass is 9.92. The van der Waals surface area contributed by atoms with Crippen LogP contribution in [0.2, 0.25) is 0 Å². The number of fused-ring (bicyclic) bond motifs is 1. The zero-order valence-electron chi connectivity index (χ0n) is 11.8. The van der Waals surface area contributed by atoms with Crippen molar-refractivity contribution in [3.05, 3.63) is 35.9 Å². The summed E-state index contributed by atoms with van der Waals surface area (Å²) in [5.74, 6) is -0.445. The van der Waals surface area contributed by atoms with Gasteiger partial charge in [0.15, 0.2) is 11.6 Å². The second kappa shape index (κ2) is 5.08. The maximum absolute atomic E-state index is 13.8. The quantitative estimate of drug-likeness (QED) is 0.944. The van der Waals surface area contributed by atoms with Crippen molar-refractivity contribution in [3.8, 4) is 5.75 Å². The zero-order valence-corrected chi connectivity index (χ0v) is 11.8. The van der Waals surface area contributed by atoms with Crippen molar-refractivity contribution in [2.75, 3.05) is 11.9 Å². The van der Waals surface area contributed by atoms with Crippen molar-refractivity contribution < 1.29 is 13.9 Å². The van der Waals surface area contributed by atoms with E-state index in [1.54, 1.807) is 18.5 Å². The van der Waals surface area contributed by atoms with E-state index in [0.717, 1.165) is 12.8 Å². The van der Waals surface area contributed by atoms with E-state index in [-0.39, 0.29) is 11.7 Å². The van der Waals surface area contributed by atoms with Gasteiger partial charge in [-0.05, 0) is 25.3 Å². The fourth-order valence-electron chi connectivity index (χ4n) is 2.81. The van der Waals surface area contributed by atoms with Crippen LogP contribution in [0.25, 0.3) is 0 Å². The molecule has 1 aliphatic heterocycles. The van der Waals surface area contributed by atoms with Gasteiger partial charge in [0.1, 0.15) is 6.33 Å². The average Bonchev–Trinajstić information content (AvgIpc) is 3.27. The van der Waals surface area contributed by atoms with Crippen molar-refractivity contribution in [1.82, 2.24) is 14.8 Å². The first-order chi connectivity index (χ1) is 10.7. The summed E-state index contributed by atoms with van der Waals surface area (Å²) in [6.45, 7) is 0.321. The molecule has 1 aromatic carbocycles. The van der Waals surface area contributed by atoms with Crippen LogP contribution in [0.4, 0.5) is 10.3 Å². The highest BCUT2D eigenvalue weighted by atomic mass is 19.1. The van der Waals surface area contributed by atoms with Crippen molar-refractivity contribution in [2.24, 2.45) is 0 Å². The third kappa shape index (κ3) is 2.22. The van der Waals surface area contributed by atoms with E-state index >= 15 is 0 Å². The van der Waals surface area contributed by atoms with Gasteiger partial charge in [0, 0.05) is 11.6 Å². The third-order valence-corrected chi connectivity index (χ3v) is 4.09. The van der Waals surface area contributed by atoms with E-state index in [1.807, 2.05) is 4.57 Å². The Kier molecular flexibility index (Phi) is 3.06. The number of ether oxygens (including phenoxy) is 1. The fourth-order valence-corrected chi connectivity index (χ4v) is 2.81. The van der Waals surface area contributed by atoms with Crippen molar-refractivity contribution in [3.63, 3.8) is 0 Å². The molecule has 1 unspecified atom stereocenters. The zero-order chi connectivity index (χ0) is 15.1. The highest BCUT2D eigenvalue weighted by Gasteiger charge is 2.32. The lowest BCUT2D eigenvalue weighted by molar-refractivity contribution is -0.118. The number of aromatic nitrogens is 3. The van der Waals surface area contributed by atoms with Crippen LogP contribution in [0, 0.1) is 5.82 Å². The molecular formula is C15H15FN4O2. The molecule has 6 nitrogen and oxygen atoms in total. The summed E-state index contributed by atoms with van der Waals surface area (Å²) in [6.07, 6.45) is 4.29. The first-order valence-electron chi connectivity index (χ1n) is 7.35. The van der Waals surface area contributed by atoms with Crippen LogP contribution in [-0.2, 0) is 4.79 Å². The summed E-state index contributed by atoms with van der Waals surface area (Å²) in [7, 11) is 0. The molecule has 1 saturated carbocycles. The molecule has 1 N–H and O–H groups in total. The van der Waals surface area contributed by atoms with Crippen molar-refractivity contribution >= 4 is 11.9 Å². The summed E-state index contributed by atoms with van der Waals surface area (Å²) in [6, 6.07) is 5.04. The van der Waals surface area contributed by atoms with Crippen molar-refractivity contribution in [2.45, 2.75) is 31.2 Å². The standard InChI is InChI=1S/C15H15FN4O2/c16-12-3-1-2-10-11(6-7-22-13(10)12)14(21)18-15-19-17-8-20(15)9-4-5-9/h1-3,8-9,11H,4-7H2,(H,18,19,21). The van der Waals surface area contributed by atoms with E-state index in [9.17, 15) is 9.18 Å². The molecule has 1 atom stereocenters. The number of hydrogen-bond acceptors (Lipinski definition) is 4. The number of carbonyl (C=O) groups is 1. The molecule has 22 heavy (non-hydrogen) atoms. The molecule has 0 bridgehead atoms. The molecule has 2 aliphatic rings. The van der Waals surface area contributed by atoms with Crippen LogP contribution in [-0.4, -0.2) is 27.3 Å². The fraction of sp³-hybridized carbons (Fsp3) is 0.400. The van der Waals surface area contributed by atoms with Gasteiger partial charge in [0.2, 0.25) is 11.9 Å². The van der Waals surface area contributed by atoms with Crippen LogP contribution < -0.4 is 10.1 Å². The number of benzene rings is 1. The van der Waals surface area contributed by atoms with Gasteiger partial charge >= 0.3 is 0 Å². The Morgan fingerprint density at radius 3 is 3.05 bits per heavy atom. The van der Waals surface area contributed by atoms with E-state index < -0.39 is 11.7 Å². The monoisotopic (exact) mass is 302 g/mol. The van der Waals surface area contributed by atoms with E-state index in [4.69, 9.17) is 4.74 Å². The second-order valence-electron chi connectivity index (χ2n) is 5.63. The minimum absolute atomic E-state index is 0.178. The number of rotatable bonds is 3. The molecule has 2 heterocycles. The predicted molar refractivity (Wildman–Crippen MR) is 76.2 cm³/mol. The molecule has 1 amide bonds. The highest BCUT2D eigenvalue weighted by molar-refractivity contribution is 5.95. The predicted octanol–water partition coefficient (Wildman–Crippen LogP) is 2.26. The number of nitrogens with one attached hydrogen (secondary N) is 1. The molecule has 0 radical (unpaired) electrons. The molecule has 0 saturated heterocycles. The molecule has 1 aromatic heterocycles. The third-order valence-electron chi connectivity index (χ3n) is 4.09. The van der Waals surface area contributed by atoms with Crippen LogP contribution >= 0.6 is 0 Å². The molecule has 1 aliphatic carbocycles. The van der Waals surface area contributed by atoms with Crippen LogP contribution in [0.5, 0.6) is 5.75 Å². The number of nitrogens with zero attached hydrogens (tertiary/aromatic N) is 3. The Morgan fingerprint density at radius 2 is 2.23 bits per heavy atom. The van der Waals surface area contributed by atoms with Crippen LogP contribution in [0.15, 0.2) is 24.5 Å². The molecule has 7 heteroatoms. The van der Waals surface area contributed by atoms with Gasteiger partial charge in [-0.3, -0.25) is 14.7 Å². The Labute approximate surface area is 126 Å². The number of hydrogen-bond donors (Lipinski definition) is 1. The van der Waals surface area contributed by atoms with Crippen LogP contribution in [0.3, 0.4) is 0 Å². The second-order valence-corrected chi connectivity index (χ2v) is 5.63. The van der Waals surface area contributed by atoms with Gasteiger partial charge in [0.25, 0.3) is 0 Å². The van der Waals surface area contributed by atoms with Gasteiger partial charge in [-0.15, -0.1) is 10.2 Å². The minimum atomic E-state index is -0.441. The lowest BCUT2D eigenvalue weighted by Gasteiger charge is -2.25. The molecule has 114 valence electrons. The lowest BCUT2D eigenvalue weighted by Crippen LogP contribution is -2.28. The normalized spacial score (nSPS) is 20.1. The van der Waals surface area contributed by atoms with E-state index in [2.05, 4.69) is 15.5 Å². The number of para-hydroxylation sites is 1. The molecular weight excluding hydrogens is 287 g/mol. The van der Waals surface area contributed by atoms with E-state index in [0.29, 0.717) is 30.6 Å². The summed E-state index contributed by atoms with van der Waals surface area (Å²) in [4.78, 5) is 12.6. The Balaban J connectivity index is 1.59. The van der Waals surface area contributed by atoms with Crippen LogP contribution in [0.1, 0.15) is 36.8 Å². The maximum atomic E-state index is 13.8. The molecule has 0 spiro atoms. The number of amides is 1. The molecule has 2 aromatic rings. The number of carbonyl (C=O) groups excluding carboxylic acids is 1. The largest absolute Gasteiger partial charge is 0.490 e. The van der Waals surface area contributed by atoms with Gasteiger partial charge in [-0.1, -0.05) is 12.1 Å². The Hall–Kier alpha value is -2.44. The Morgan fingerprint density at radius 1 is 1.36 bits per heavy atom. The maximum Gasteiger partial charge on any atom is 0.234 e. The van der Waals surface area contributed by atoms with Crippen molar-refractivity contribution in [1.29, 1.82) is 0 Å². The van der Waals surface area contributed by atoms with Gasteiger partial charge in [-0.25, -0.2) is 4.39 Å². The first kappa shape index (κ1) is 13.2. The minimum Gasteiger partial charge on any atom is -0.490 e. The van der Waals surface area contributed by atoms with Gasteiger partial charge in [-0.2, -0.15) is 0 Å². The summed E-state index contributed by atoms with van der Waals surface area (Å²) in [5.41, 5.74) is 0.584. The summed E-state index contributed by atoms with van der Waals surface area (Å²) in [5, 5.41) is 10.6. The molecule has 1 fully saturated rings. The number of anilines is 1. The average molecular weight is 302 g/mol. The smallest absolute Gasteiger partial charge is 0.234 e. The highest BCUT2D eigenvalue weighted by Crippen LogP contribution is 2.38. The molecule has 4 rings (SSSR count). The van der Waals surface area contributed by atoms with Gasteiger partial charge < -0.3 is 4.74 Å². The SMILES string of the molecule is O=C(Nc1nncn1C1CC1)C1CCOc2c(F)cccc21. The summed E-state index contributed by atoms with van der Waals surface area (Å²) >= 11 is 0.